The number of allylic oxidation sites excluding steroid dienone is 3. The highest BCUT2D eigenvalue weighted by Gasteiger charge is 1.91. The lowest BCUT2D eigenvalue weighted by Crippen LogP contribution is -1.61. The molecule has 0 amide bonds. The summed E-state index contributed by atoms with van der Waals surface area (Å²) in [6, 6.07) is 0. The average molecular weight is 200 g/mol. The topological polar surface area (TPSA) is 12.9 Å². The number of halogens is 1. The molecule has 0 fully saturated rings. The number of hydrogen-bond donors (Lipinski definition) is 0. The van der Waals surface area contributed by atoms with Gasteiger partial charge in [0.15, 0.2) is 0 Å². The van der Waals surface area contributed by atoms with Crippen LogP contribution in [0.4, 0.5) is 0 Å². The summed E-state index contributed by atoms with van der Waals surface area (Å²) >= 11 is 7.44. The Hall–Kier alpha value is -0.600. The maximum atomic E-state index is 5.78. The van der Waals surface area contributed by atoms with Gasteiger partial charge in [0.05, 0.1) is 5.01 Å². The summed E-state index contributed by atoms with van der Waals surface area (Å²) < 4.78 is 0. The van der Waals surface area contributed by atoms with Crippen LogP contribution in [0.5, 0.6) is 0 Å². The molecular formula is C9H10ClNS. The van der Waals surface area contributed by atoms with Gasteiger partial charge in [0.2, 0.25) is 0 Å². The van der Waals surface area contributed by atoms with Crippen LogP contribution in [0.1, 0.15) is 16.8 Å². The van der Waals surface area contributed by atoms with Gasteiger partial charge < -0.3 is 0 Å². The van der Waals surface area contributed by atoms with Gasteiger partial charge in [-0.25, -0.2) is 4.98 Å². The predicted molar refractivity (Wildman–Crippen MR) is 55.5 cm³/mol. The first kappa shape index (κ1) is 9.49. The highest BCUT2D eigenvalue weighted by molar-refractivity contribution is 7.12. The standard InChI is InChI=1S/C9H10ClNS/c1-3-8(10)4-5-9-6-11-7(2)12-9/h3-6H,1-2H3/b5-4-,8-3+. The number of thiazole rings is 1. The summed E-state index contributed by atoms with van der Waals surface area (Å²) in [5, 5.41) is 1.83. The van der Waals surface area contributed by atoms with Crippen molar-refractivity contribution in [1.29, 1.82) is 0 Å². The number of rotatable bonds is 2. The van der Waals surface area contributed by atoms with E-state index in [4.69, 9.17) is 11.6 Å². The first-order chi connectivity index (χ1) is 5.72. The van der Waals surface area contributed by atoms with Crippen LogP contribution in [-0.4, -0.2) is 4.98 Å². The van der Waals surface area contributed by atoms with Gasteiger partial charge in [-0.1, -0.05) is 17.7 Å². The molecule has 1 heterocycles. The highest BCUT2D eigenvalue weighted by Crippen LogP contribution is 2.15. The Morgan fingerprint density at radius 3 is 2.92 bits per heavy atom. The lowest BCUT2D eigenvalue weighted by atomic mass is 10.4. The fraction of sp³-hybridized carbons (Fsp3) is 0.222. The van der Waals surface area contributed by atoms with Crippen LogP contribution < -0.4 is 0 Å². The molecule has 0 atom stereocenters. The molecule has 0 aliphatic heterocycles. The fourth-order valence-electron chi connectivity index (χ4n) is 0.713. The highest BCUT2D eigenvalue weighted by atomic mass is 35.5. The van der Waals surface area contributed by atoms with Gasteiger partial charge in [0.1, 0.15) is 0 Å². The van der Waals surface area contributed by atoms with Crippen LogP contribution in [0.2, 0.25) is 0 Å². The summed E-state index contributed by atoms with van der Waals surface area (Å²) in [6.45, 7) is 3.89. The van der Waals surface area contributed by atoms with Crippen LogP contribution in [0.3, 0.4) is 0 Å². The van der Waals surface area contributed by atoms with Gasteiger partial charge >= 0.3 is 0 Å². The van der Waals surface area contributed by atoms with Crippen LogP contribution in [0.15, 0.2) is 23.4 Å². The maximum Gasteiger partial charge on any atom is 0.0900 e. The Balaban J connectivity index is 2.69. The van der Waals surface area contributed by atoms with E-state index in [0.29, 0.717) is 0 Å². The van der Waals surface area contributed by atoms with Crippen molar-refractivity contribution >= 4 is 29.0 Å². The third-order valence-corrected chi connectivity index (χ3v) is 2.54. The molecule has 1 aromatic heterocycles. The van der Waals surface area contributed by atoms with E-state index in [1.807, 2.05) is 38.3 Å². The lowest BCUT2D eigenvalue weighted by molar-refractivity contribution is 1.30. The first-order valence-corrected chi connectivity index (χ1v) is 4.84. The molecule has 0 spiro atoms. The summed E-state index contributed by atoms with van der Waals surface area (Å²) in [5.41, 5.74) is 0. The van der Waals surface area contributed by atoms with Crippen LogP contribution in [-0.2, 0) is 0 Å². The van der Waals surface area contributed by atoms with E-state index in [1.165, 1.54) is 0 Å². The molecule has 1 rings (SSSR count). The largest absolute Gasteiger partial charge is 0.249 e. The van der Waals surface area contributed by atoms with Gasteiger partial charge in [-0.3, -0.25) is 0 Å². The van der Waals surface area contributed by atoms with E-state index in [0.717, 1.165) is 14.9 Å². The third-order valence-electron chi connectivity index (χ3n) is 1.32. The Kier molecular flexibility index (Phi) is 3.50. The summed E-state index contributed by atoms with van der Waals surface area (Å²) in [7, 11) is 0. The van der Waals surface area contributed by atoms with E-state index in [9.17, 15) is 0 Å². The van der Waals surface area contributed by atoms with Crippen LogP contribution >= 0.6 is 22.9 Å². The van der Waals surface area contributed by atoms with Crippen LogP contribution in [0.25, 0.3) is 6.08 Å². The van der Waals surface area contributed by atoms with Crippen molar-refractivity contribution in [3.05, 3.63) is 33.3 Å². The lowest BCUT2D eigenvalue weighted by Gasteiger charge is -1.83. The third kappa shape index (κ3) is 2.80. The molecule has 0 radical (unpaired) electrons. The average Bonchev–Trinajstić information content (AvgIpc) is 2.47. The van der Waals surface area contributed by atoms with Crippen molar-refractivity contribution in [3.63, 3.8) is 0 Å². The molecule has 3 heteroatoms. The van der Waals surface area contributed by atoms with Gasteiger partial charge in [0, 0.05) is 16.1 Å². The van der Waals surface area contributed by atoms with Crippen molar-refractivity contribution < 1.29 is 0 Å². The molecule has 0 unspecified atom stereocenters. The minimum atomic E-state index is 0.751. The van der Waals surface area contributed by atoms with Crippen molar-refractivity contribution in [3.8, 4) is 0 Å². The summed E-state index contributed by atoms with van der Waals surface area (Å²) in [6.07, 6.45) is 7.53. The zero-order valence-corrected chi connectivity index (χ0v) is 8.62. The first-order valence-electron chi connectivity index (χ1n) is 3.64. The SMILES string of the molecule is C/C=C(Cl)\C=C/c1cnc(C)s1. The van der Waals surface area contributed by atoms with Crippen molar-refractivity contribution in [2.24, 2.45) is 0 Å². The van der Waals surface area contributed by atoms with Crippen molar-refractivity contribution in [2.75, 3.05) is 0 Å². The van der Waals surface area contributed by atoms with Gasteiger partial charge in [-0.15, -0.1) is 11.3 Å². The number of aryl methyl sites for hydroxylation is 1. The maximum absolute atomic E-state index is 5.78. The molecular weight excluding hydrogens is 190 g/mol. The number of hydrogen-bond acceptors (Lipinski definition) is 2. The van der Waals surface area contributed by atoms with E-state index >= 15 is 0 Å². The van der Waals surface area contributed by atoms with Crippen LogP contribution in [0, 0.1) is 6.92 Å². The Morgan fingerprint density at radius 1 is 1.67 bits per heavy atom. The molecule has 0 N–H and O–H groups in total. The second-order valence-electron chi connectivity index (χ2n) is 2.29. The fourth-order valence-corrected chi connectivity index (χ4v) is 1.46. The van der Waals surface area contributed by atoms with E-state index in [1.54, 1.807) is 11.3 Å². The van der Waals surface area contributed by atoms with E-state index in [2.05, 4.69) is 4.98 Å². The zero-order valence-electron chi connectivity index (χ0n) is 7.04. The molecule has 0 saturated heterocycles. The Morgan fingerprint density at radius 2 is 2.42 bits per heavy atom. The smallest absolute Gasteiger partial charge is 0.0900 e. The van der Waals surface area contributed by atoms with Crippen molar-refractivity contribution in [2.45, 2.75) is 13.8 Å². The van der Waals surface area contributed by atoms with Crippen molar-refractivity contribution in [1.82, 2.24) is 4.98 Å². The predicted octanol–water partition coefficient (Wildman–Crippen LogP) is 3.61. The Bertz CT molecular complexity index is 312. The Labute approximate surface area is 81.4 Å². The number of aromatic nitrogens is 1. The normalized spacial score (nSPS) is 12.8. The van der Waals surface area contributed by atoms with Gasteiger partial charge in [-0.2, -0.15) is 0 Å². The second-order valence-corrected chi connectivity index (χ2v) is 3.99. The quantitative estimate of drug-likeness (QED) is 0.664. The minimum absolute atomic E-state index is 0.751. The van der Waals surface area contributed by atoms with E-state index < -0.39 is 0 Å². The molecule has 0 saturated carbocycles. The molecule has 12 heavy (non-hydrogen) atoms. The van der Waals surface area contributed by atoms with E-state index in [-0.39, 0.29) is 0 Å². The number of nitrogens with zero attached hydrogens (tertiary/aromatic N) is 1. The van der Waals surface area contributed by atoms with Gasteiger partial charge in [0.25, 0.3) is 0 Å². The molecule has 64 valence electrons. The van der Waals surface area contributed by atoms with Gasteiger partial charge in [-0.05, 0) is 26.0 Å². The minimum Gasteiger partial charge on any atom is -0.249 e. The summed E-state index contributed by atoms with van der Waals surface area (Å²) in [4.78, 5) is 5.26. The second kappa shape index (κ2) is 4.43. The molecule has 0 aromatic carbocycles. The molecule has 0 aliphatic carbocycles. The summed E-state index contributed by atoms with van der Waals surface area (Å²) in [5.74, 6) is 0. The molecule has 1 nitrogen and oxygen atoms in total. The molecule has 1 aromatic rings. The zero-order chi connectivity index (χ0) is 8.97. The monoisotopic (exact) mass is 199 g/mol. The molecule has 0 bridgehead atoms. The molecule has 0 aliphatic rings.